The van der Waals surface area contributed by atoms with Crippen LogP contribution in [-0.4, -0.2) is 34.0 Å². The van der Waals surface area contributed by atoms with Crippen LogP contribution in [0.2, 0.25) is 0 Å². The Hall–Kier alpha value is -2.21. The number of benzene rings is 1. The highest BCUT2D eigenvalue weighted by molar-refractivity contribution is 6.03. The first-order chi connectivity index (χ1) is 10.2. The van der Waals surface area contributed by atoms with E-state index in [2.05, 4.69) is 27.8 Å². The summed E-state index contributed by atoms with van der Waals surface area (Å²) in [6.07, 6.45) is 2.40. The summed E-state index contributed by atoms with van der Waals surface area (Å²) in [6.45, 7) is 5.77. The molecule has 0 radical (unpaired) electrons. The van der Waals surface area contributed by atoms with Crippen molar-refractivity contribution in [3.05, 3.63) is 41.2 Å². The van der Waals surface area contributed by atoms with Gasteiger partial charge in [-0.2, -0.15) is 9.90 Å². The Kier molecular flexibility index (Phi) is 3.70. The molecule has 1 amide bonds. The van der Waals surface area contributed by atoms with E-state index in [9.17, 15) is 4.79 Å². The van der Waals surface area contributed by atoms with Crippen LogP contribution >= 0.6 is 0 Å². The predicted octanol–water partition coefficient (Wildman–Crippen LogP) is 1.55. The Labute approximate surface area is 123 Å². The summed E-state index contributed by atoms with van der Waals surface area (Å²) in [5.41, 5.74) is 3.41. The lowest BCUT2D eigenvalue weighted by molar-refractivity contribution is 0.102. The molecular weight excluding hydrogens is 266 g/mol. The highest BCUT2D eigenvalue weighted by Gasteiger charge is 2.22. The number of nitrogens with zero attached hydrogens (tertiary/aromatic N) is 3. The molecule has 1 aromatic carbocycles. The minimum Gasteiger partial charge on any atom is -0.320 e. The van der Waals surface area contributed by atoms with Crippen LogP contribution in [-0.2, 0) is 6.42 Å². The van der Waals surface area contributed by atoms with E-state index in [1.807, 2.05) is 25.1 Å². The van der Waals surface area contributed by atoms with E-state index >= 15 is 0 Å². The molecule has 1 fully saturated rings. The van der Waals surface area contributed by atoms with Gasteiger partial charge < -0.3 is 10.6 Å². The molecule has 0 spiro atoms. The number of carbonyl (C=O) groups excluding carboxylic acids is 1. The maximum atomic E-state index is 12.3. The number of hydrogen-bond acceptors (Lipinski definition) is 4. The van der Waals surface area contributed by atoms with Gasteiger partial charge in [0.05, 0.1) is 12.2 Å². The van der Waals surface area contributed by atoms with Crippen molar-refractivity contribution < 1.29 is 4.79 Å². The number of hydrogen-bond donors (Lipinski definition) is 2. The zero-order valence-electron chi connectivity index (χ0n) is 12.3. The van der Waals surface area contributed by atoms with Crippen molar-refractivity contribution in [3.8, 4) is 0 Å². The third kappa shape index (κ3) is 2.67. The van der Waals surface area contributed by atoms with Gasteiger partial charge in [0.2, 0.25) is 0 Å². The summed E-state index contributed by atoms with van der Waals surface area (Å²) in [5.74, 6) is -0.211. The lowest BCUT2D eigenvalue weighted by Crippen LogP contribution is -2.44. The van der Waals surface area contributed by atoms with Crippen molar-refractivity contribution in [1.82, 2.24) is 20.3 Å². The van der Waals surface area contributed by atoms with Gasteiger partial charge in [-0.3, -0.25) is 4.79 Å². The third-order valence-electron chi connectivity index (χ3n) is 3.81. The summed E-state index contributed by atoms with van der Waals surface area (Å²) in [6, 6.07) is 6.28. The molecule has 0 saturated carbocycles. The number of amides is 1. The molecule has 1 saturated heterocycles. The van der Waals surface area contributed by atoms with Gasteiger partial charge in [-0.15, -0.1) is 5.10 Å². The number of carbonyl (C=O) groups is 1. The quantitative estimate of drug-likeness (QED) is 0.894. The van der Waals surface area contributed by atoms with Crippen molar-refractivity contribution in [2.45, 2.75) is 26.3 Å². The van der Waals surface area contributed by atoms with Crippen LogP contribution < -0.4 is 10.6 Å². The molecule has 21 heavy (non-hydrogen) atoms. The molecule has 110 valence electrons. The van der Waals surface area contributed by atoms with Gasteiger partial charge in [-0.05, 0) is 24.5 Å². The molecule has 0 bridgehead atoms. The minimum atomic E-state index is -0.211. The third-order valence-corrected chi connectivity index (χ3v) is 3.81. The average Bonchev–Trinajstić information content (AvgIpc) is 2.88. The molecular formula is C15H19N5O. The van der Waals surface area contributed by atoms with Crippen LogP contribution in [0.4, 0.5) is 5.69 Å². The van der Waals surface area contributed by atoms with Gasteiger partial charge in [0, 0.05) is 18.8 Å². The molecule has 0 aliphatic carbocycles. The average molecular weight is 285 g/mol. The molecule has 3 rings (SSSR count). The van der Waals surface area contributed by atoms with Gasteiger partial charge in [-0.25, -0.2) is 0 Å². The zero-order valence-corrected chi connectivity index (χ0v) is 12.3. The van der Waals surface area contributed by atoms with Gasteiger partial charge in [0.15, 0.2) is 5.69 Å². The van der Waals surface area contributed by atoms with Crippen molar-refractivity contribution in [2.75, 3.05) is 18.4 Å². The largest absolute Gasteiger partial charge is 0.320 e. The molecule has 0 unspecified atom stereocenters. The molecule has 1 aliphatic heterocycles. The van der Waals surface area contributed by atoms with Crippen LogP contribution in [0, 0.1) is 6.92 Å². The summed E-state index contributed by atoms with van der Waals surface area (Å²) < 4.78 is 0. The van der Waals surface area contributed by atoms with Gasteiger partial charge >= 0.3 is 0 Å². The first kappa shape index (κ1) is 13.8. The SMILES string of the molecule is CCc1cccc(C)c1NC(=O)c1cnn(C2CNC2)n1. The molecule has 0 atom stereocenters. The Balaban J connectivity index is 1.78. The predicted molar refractivity (Wildman–Crippen MR) is 80.4 cm³/mol. The fourth-order valence-electron chi connectivity index (χ4n) is 2.37. The molecule has 6 heteroatoms. The minimum absolute atomic E-state index is 0.211. The summed E-state index contributed by atoms with van der Waals surface area (Å²) >= 11 is 0. The van der Waals surface area contributed by atoms with Crippen LogP contribution in [0.1, 0.15) is 34.6 Å². The van der Waals surface area contributed by atoms with E-state index < -0.39 is 0 Å². The Morgan fingerprint density at radius 3 is 2.95 bits per heavy atom. The Morgan fingerprint density at radius 2 is 2.29 bits per heavy atom. The topological polar surface area (TPSA) is 71.8 Å². The van der Waals surface area contributed by atoms with Crippen molar-refractivity contribution >= 4 is 11.6 Å². The normalized spacial score (nSPS) is 14.8. The van der Waals surface area contributed by atoms with E-state index in [0.29, 0.717) is 5.69 Å². The summed E-state index contributed by atoms with van der Waals surface area (Å²) in [4.78, 5) is 13.9. The number of aromatic nitrogens is 3. The van der Waals surface area contributed by atoms with Gasteiger partial charge in [0.25, 0.3) is 5.91 Å². The van der Waals surface area contributed by atoms with E-state index in [4.69, 9.17) is 0 Å². The smallest absolute Gasteiger partial charge is 0.277 e. The Bertz CT molecular complexity index is 660. The van der Waals surface area contributed by atoms with E-state index in [1.165, 1.54) is 6.20 Å². The molecule has 6 nitrogen and oxygen atoms in total. The lowest BCUT2D eigenvalue weighted by atomic mass is 10.1. The monoisotopic (exact) mass is 285 g/mol. The van der Waals surface area contributed by atoms with E-state index in [0.717, 1.165) is 36.3 Å². The second-order valence-corrected chi connectivity index (χ2v) is 5.28. The second kappa shape index (κ2) is 5.65. The fraction of sp³-hybridized carbons (Fsp3) is 0.400. The number of nitrogens with one attached hydrogen (secondary N) is 2. The van der Waals surface area contributed by atoms with Gasteiger partial charge in [-0.1, -0.05) is 25.1 Å². The molecule has 1 aromatic heterocycles. The maximum Gasteiger partial charge on any atom is 0.277 e. The number of rotatable bonds is 4. The number of anilines is 1. The van der Waals surface area contributed by atoms with Gasteiger partial charge in [0.1, 0.15) is 0 Å². The van der Waals surface area contributed by atoms with Crippen LogP contribution in [0.15, 0.2) is 24.4 Å². The zero-order chi connectivity index (χ0) is 14.8. The van der Waals surface area contributed by atoms with Crippen molar-refractivity contribution in [2.24, 2.45) is 0 Å². The molecule has 2 N–H and O–H groups in total. The number of aryl methyl sites for hydroxylation is 2. The fourth-order valence-corrected chi connectivity index (χ4v) is 2.37. The standard InChI is InChI=1S/C15H19N5O/c1-3-11-6-4-5-10(2)14(11)18-15(21)13-9-17-20(19-13)12-7-16-8-12/h4-6,9,12,16H,3,7-8H2,1-2H3,(H,18,21). The van der Waals surface area contributed by atoms with E-state index in [-0.39, 0.29) is 11.9 Å². The van der Waals surface area contributed by atoms with E-state index in [1.54, 1.807) is 4.80 Å². The highest BCUT2D eigenvalue weighted by Crippen LogP contribution is 2.21. The second-order valence-electron chi connectivity index (χ2n) is 5.28. The van der Waals surface area contributed by atoms with Crippen LogP contribution in [0.5, 0.6) is 0 Å². The highest BCUT2D eigenvalue weighted by atomic mass is 16.2. The number of para-hydroxylation sites is 1. The first-order valence-electron chi connectivity index (χ1n) is 7.21. The molecule has 2 heterocycles. The van der Waals surface area contributed by atoms with Crippen LogP contribution in [0.3, 0.4) is 0 Å². The maximum absolute atomic E-state index is 12.3. The molecule has 2 aromatic rings. The summed E-state index contributed by atoms with van der Waals surface area (Å²) in [5, 5.41) is 14.6. The van der Waals surface area contributed by atoms with Crippen molar-refractivity contribution in [3.63, 3.8) is 0 Å². The Morgan fingerprint density at radius 1 is 1.48 bits per heavy atom. The molecule has 1 aliphatic rings. The van der Waals surface area contributed by atoms with Crippen molar-refractivity contribution in [1.29, 1.82) is 0 Å². The lowest BCUT2D eigenvalue weighted by Gasteiger charge is -2.25. The first-order valence-corrected chi connectivity index (χ1v) is 7.21. The summed E-state index contributed by atoms with van der Waals surface area (Å²) in [7, 11) is 0. The van der Waals surface area contributed by atoms with Crippen LogP contribution in [0.25, 0.3) is 0 Å².